The van der Waals surface area contributed by atoms with Gasteiger partial charge in [-0.05, 0) is 30.3 Å². The highest BCUT2D eigenvalue weighted by Crippen LogP contribution is 2.30. The molecule has 0 aliphatic heterocycles. The number of halogens is 1. The summed E-state index contributed by atoms with van der Waals surface area (Å²) in [5.41, 5.74) is 7.17. The summed E-state index contributed by atoms with van der Waals surface area (Å²) in [6, 6.07) is 15.6. The van der Waals surface area contributed by atoms with E-state index in [1.807, 2.05) is 30.3 Å². The summed E-state index contributed by atoms with van der Waals surface area (Å²) < 4.78 is 5.33. The van der Waals surface area contributed by atoms with E-state index in [0.29, 0.717) is 5.02 Å². The monoisotopic (exact) mass is 293 g/mol. The summed E-state index contributed by atoms with van der Waals surface area (Å²) in [7, 11) is 1.64. The Kier molecular flexibility index (Phi) is 5.14. The van der Waals surface area contributed by atoms with Crippen molar-refractivity contribution >= 4 is 23.4 Å². The molecular weight excluding hydrogens is 278 g/mol. The second-order valence-electron chi connectivity index (χ2n) is 4.12. The number of ether oxygens (including phenoxy) is 1. The van der Waals surface area contributed by atoms with E-state index < -0.39 is 0 Å². The Morgan fingerprint density at radius 2 is 1.95 bits per heavy atom. The average Bonchev–Trinajstić information content (AvgIpc) is 2.46. The molecular formula is C15H16ClNOS. The van der Waals surface area contributed by atoms with Crippen LogP contribution in [0.4, 0.5) is 0 Å². The molecule has 0 bridgehead atoms. The van der Waals surface area contributed by atoms with Gasteiger partial charge >= 0.3 is 0 Å². The quantitative estimate of drug-likeness (QED) is 0.842. The summed E-state index contributed by atoms with van der Waals surface area (Å²) in [5.74, 6) is 1.56. The maximum Gasteiger partial charge on any atom is 0.123 e. The zero-order valence-corrected chi connectivity index (χ0v) is 12.2. The van der Waals surface area contributed by atoms with Gasteiger partial charge in [-0.1, -0.05) is 29.8 Å². The van der Waals surface area contributed by atoms with Gasteiger partial charge in [0.25, 0.3) is 0 Å². The highest BCUT2D eigenvalue weighted by Gasteiger charge is 2.13. The van der Waals surface area contributed by atoms with Crippen molar-refractivity contribution in [2.75, 3.05) is 12.9 Å². The molecule has 0 amide bonds. The van der Waals surface area contributed by atoms with Gasteiger partial charge in [0.1, 0.15) is 5.75 Å². The first-order valence-corrected chi connectivity index (χ1v) is 7.34. The van der Waals surface area contributed by atoms with Crippen LogP contribution in [0.25, 0.3) is 0 Å². The number of hydrogen-bond acceptors (Lipinski definition) is 3. The van der Waals surface area contributed by atoms with E-state index in [9.17, 15) is 0 Å². The van der Waals surface area contributed by atoms with Crippen molar-refractivity contribution in [1.82, 2.24) is 0 Å². The summed E-state index contributed by atoms with van der Waals surface area (Å²) in [5, 5.41) is 0.677. The molecule has 0 heterocycles. The van der Waals surface area contributed by atoms with Gasteiger partial charge < -0.3 is 10.5 Å². The van der Waals surface area contributed by atoms with Gasteiger partial charge in [-0.25, -0.2) is 0 Å². The fourth-order valence-corrected chi connectivity index (χ4v) is 2.87. The van der Waals surface area contributed by atoms with Crippen molar-refractivity contribution in [2.45, 2.75) is 10.9 Å². The van der Waals surface area contributed by atoms with Crippen LogP contribution in [0.5, 0.6) is 5.75 Å². The van der Waals surface area contributed by atoms with E-state index in [0.717, 1.165) is 17.1 Å². The molecule has 0 aliphatic carbocycles. The minimum absolute atomic E-state index is 0.112. The predicted molar refractivity (Wildman–Crippen MR) is 82.1 cm³/mol. The molecule has 0 spiro atoms. The van der Waals surface area contributed by atoms with E-state index in [1.54, 1.807) is 24.9 Å². The summed E-state index contributed by atoms with van der Waals surface area (Å²) in [4.78, 5) is 1.21. The van der Waals surface area contributed by atoms with Gasteiger partial charge in [0, 0.05) is 27.3 Å². The highest BCUT2D eigenvalue weighted by atomic mass is 35.5. The summed E-state index contributed by atoms with van der Waals surface area (Å²) >= 11 is 7.74. The summed E-state index contributed by atoms with van der Waals surface area (Å²) in [6.45, 7) is 0. The van der Waals surface area contributed by atoms with Crippen LogP contribution in [0.1, 0.15) is 11.6 Å². The van der Waals surface area contributed by atoms with E-state index in [4.69, 9.17) is 22.1 Å². The van der Waals surface area contributed by atoms with Gasteiger partial charge in [-0.3, -0.25) is 0 Å². The van der Waals surface area contributed by atoms with E-state index in [1.165, 1.54) is 4.90 Å². The maximum atomic E-state index is 6.23. The van der Waals surface area contributed by atoms with Crippen molar-refractivity contribution in [3.8, 4) is 5.75 Å². The Balaban J connectivity index is 2.07. The molecule has 2 aromatic carbocycles. The lowest BCUT2D eigenvalue weighted by atomic mass is 10.1. The SMILES string of the molecule is COc1ccc(Cl)cc1C(N)CSc1ccccc1. The summed E-state index contributed by atoms with van der Waals surface area (Å²) in [6.07, 6.45) is 0. The molecule has 2 N–H and O–H groups in total. The van der Waals surface area contributed by atoms with Crippen molar-refractivity contribution in [3.63, 3.8) is 0 Å². The first-order chi connectivity index (χ1) is 9.20. The number of benzene rings is 2. The molecule has 4 heteroatoms. The van der Waals surface area contributed by atoms with Gasteiger partial charge in [0.05, 0.1) is 7.11 Å². The van der Waals surface area contributed by atoms with E-state index in [2.05, 4.69) is 12.1 Å². The third kappa shape index (κ3) is 3.90. The molecule has 19 heavy (non-hydrogen) atoms. The van der Waals surface area contributed by atoms with Crippen LogP contribution < -0.4 is 10.5 Å². The van der Waals surface area contributed by atoms with Crippen LogP contribution in [-0.4, -0.2) is 12.9 Å². The van der Waals surface area contributed by atoms with Crippen molar-refractivity contribution in [2.24, 2.45) is 5.73 Å². The van der Waals surface area contributed by atoms with Crippen LogP contribution >= 0.6 is 23.4 Å². The lowest BCUT2D eigenvalue weighted by Crippen LogP contribution is -2.14. The average molecular weight is 294 g/mol. The smallest absolute Gasteiger partial charge is 0.123 e. The standard InChI is InChI=1S/C15H16ClNOS/c1-18-15-8-7-11(16)9-13(15)14(17)10-19-12-5-3-2-4-6-12/h2-9,14H,10,17H2,1H3. The molecule has 0 radical (unpaired) electrons. The molecule has 0 saturated heterocycles. The second kappa shape index (κ2) is 6.85. The van der Waals surface area contributed by atoms with Crippen molar-refractivity contribution < 1.29 is 4.74 Å². The van der Waals surface area contributed by atoms with Gasteiger partial charge in [-0.2, -0.15) is 0 Å². The second-order valence-corrected chi connectivity index (χ2v) is 5.65. The Hall–Kier alpha value is -1.16. The fraction of sp³-hybridized carbons (Fsp3) is 0.200. The first-order valence-electron chi connectivity index (χ1n) is 5.97. The molecule has 2 rings (SSSR count). The molecule has 0 aromatic heterocycles. The largest absolute Gasteiger partial charge is 0.496 e. The van der Waals surface area contributed by atoms with Gasteiger partial charge in [0.15, 0.2) is 0 Å². The third-order valence-corrected chi connectivity index (χ3v) is 4.13. The Morgan fingerprint density at radius 1 is 1.21 bits per heavy atom. The van der Waals surface area contributed by atoms with Crippen LogP contribution in [0, 0.1) is 0 Å². The minimum Gasteiger partial charge on any atom is -0.496 e. The van der Waals surface area contributed by atoms with Gasteiger partial charge in [-0.15, -0.1) is 11.8 Å². The molecule has 0 fully saturated rings. The lowest BCUT2D eigenvalue weighted by Gasteiger charge is -2.15. The highest BCUT2D eigenvalue weighted by molar-refractivity contribution is 7.99. The Labute approximate surface area is 122 Å². The zero-order valence-electron chi connectivity index (χ0n) is 10.7. The molecule has 2 aromatic rings. The van der Waals surface area contributed by atoms with Crippen molar-refractivity contribution in [3.05, 3.63) is 59.1 Å². The number of methoxy groups -OCH3 is 1. The van der Waals surface area contributed by atoms with Crippen LogP contribution in [0.15, 0.2) is 53.4 Å². The number of nitrogens with two attached hydrogens (primary N) is 1. The predicted octanol–water partition coefficient (Wildman–Crippen LogP) is 4.14. The number of rotatable bonds is 5. The van der Waals surface area contributed by atoms with E-state index >= 15 is 0 Å². The minimum atomic E-state index is -0.112. The molecule has 0 saturated carbocycles. The van der Waals surface area contributed by atoms with Gasteiger partial charge in [0.2, 0.25) is 0 Å². The Morgan fingerprint density at radius 3 is 2.63 bits per heavy atom. The zero-order chi connectivity index (χ0) is 13.7. The number of thioether (sulfide) groups is 1. The fourth-order valence-electron chi connectivity index (χ4n) is 1.79. The molecule has 1 atom stereocenters. The molecule has 0 aliphatic rings. The van der Waals surface area contributed by atoms with Crippen LogP contribution in [0.3, 0.4) is 0 Å². The maximum absolute atomic E-state index is 6.23. The molecule has 2 nitrogen and oxygen atoms in total. The first kappa shape index (κ1) is 14.3. The Bertz CT molecular complexity index is 533. The van der Waals surface area contributed by atoms with Crippen LogP contribution in [0.2, 0.25) is 5.02 Å². The molecule has 100 valence electrons. The normalized spacial score (nSPS) is 12.2. The van der Waals surface area contributed by atoms with Crippen molar-refractivity contribution in [1.29, 1.82) is 0 Å². The van der Waals surface area contributed by atoms with Crippen LogP contribution in [-0.2, 0) is 0 Å². The number of hydrogen-bond donors (Lipinski definition) is 1. The lowest BCUT2D eigenvalue weighted by molar-refractivity contribution is 0.407. The molecule has 1 unspecified atom stereocenters. The van der Waals surface area contributed by atoms with E-state index in [-0.39, 0.29) is 6.04 Å². The topological polar surface area (TPSA) is 35.2 Å². The third-order valence-electron chi connectivity index (χ3n) is 2.76.